The number of urea groups is 1. The Kier molecular flexibility index (Phi) is 2.90. The molecule has 1 aliphatic heterocycles. The Morgan fingerprint density at radius 3 is 2.92 bits per heavy atom. The normalized spacial score (nSPS) is 16.1. The van der Waals surface area contributed by atoms with Gasteiger partial charge in [0.1, 0.15) is 0 Å². The van der Waals surface area contributed by atoms with Crippen LogP contribution in [0.1, 0.15) is 13.3 Å². The smallest absolute Gasteiger partial charge is 0.335 e. The summed E-state index contributed by atoms with van der Waals surface area (Å²) in [7, 11) is 0. The molecule has 0 radical (unpaired) electrons. The summed E-state index contributed by atoms with van der Waals surface area (Å²) >= 11 is 0. The zero-order valence-electron chi connectivity index (χ0n) is 7.12. The number of amides is 3. The van der Waals surface area contributed by atoms with Crippen LogP contribution in [0.4, 0.5) is 4.79 Å². The molecule has 0 aromatic carbocycles. The summed E-state index contributed by atoms with van der Waals surface area (Å²) in [6, 6.07) is -0.185. The number of carbonyl (C=O) groups excluding carboxylic acids is 2. The molecule has 12 heavy (non-hydrogen) atoms. The third kappa shape index (κ3) is 1.66. The Morgan fingerprint density at radius 2 is 2.50 bits per heavy atom. The Morgan fingerprint density at radius 1 is 1.75 bits per heavy atom. The van der Waals surface area contributed by atoms with E-state index in [4.69, 9.17) is 0 Å². The molecule has 0 aromatic rings. The maximum Gasteiger partial charge on any atom is 0.336 e. The van der Waals surface area contributed by atoms with Gasteiger partial charge in [0, 0.05) is 13.1 Å². The molecule has 0 saturated carbocycles. The SMILES string of the molecule is CCCN(C=O)N1CCNC1=O. The van der Waals surface area contributed by atoms with Gasteiger partial charge in [-0.2, -0.15) is 0 Å². The number of nitrogens with one attached hydrogen (secondary N) is 1. The summed E-state index contributed by atoms with van der Waals surface area (Å²) in [5.41, 5.74) is 0. The minimum atomic E-state index is -0.185. The van der Waals surface area contributed by atoms with Crippen LogP contribution >= 0.6 is 0 Å². The molecule has 1 heterocycles. The van der Waals surface area contributed by atoms with E-state index in [0.717, 1.165) is 6.42 Å². The van der Waals surface area contributed by atoms with Crippen molar-refractivity contribution in [2.45, 2.75) is 13.3 Å². The molecule has 68 valence electrons. The van der Waals surface area contributed by atoms with Crippen molar-refractivity contribution in [2.24, 2.45) is 0 Å². The molecule has 0 spiro atoms. The predicted molar refractivity (Wildman–Crippen MR) is 43.2 cm³/mol. The lowest BCUT2D eigenvalue weighted by Crippen LogP contribution is -2.44. The molecule has 0 aliphatic carbocycles. The van der Waals surface area contributed by atoms with Gasteiger partial charge in [0.2, 0.25) is 6.41 Å². The van der Waals surface area contributed by atoms with E-state index in [2.05, 4.69) is 5.32 Å². The van der Waals surface area contributed by atoms with Crippen molar-refractivity contribution in [3.8, 4) is 0 Å². The topological polar surface area (TPSA) is 52.7 Å². The van der Waals surface area contributed by atoms with Crippen LogP contribution in [0, 0.1) is 0 Å². The Balaban J connectivity index is 2.52. The molecular formula is C7H13N3O2. The van der Waals surface area contributed by atoms with Crippen molar-refractivity contribution in [3.63, 3.8) is 0 Å². The lowest BCUT2D eigenvalue weighted by Gasteiger charge is -2.25. The van der Waals surface area contributed by atoms with E-state index in [1.54, 1.807) is 0 Å². The van der Waals surface area contributed by atoms with Crippen molar-refractivity contribution in [3.05, 3.63) is 0 Å². The molecule has 0 unspecified atom stereocenters. The van der Waals surface area contributed by atoms with Crippen molar-refractivity contribution >= 4 is 12.4 Å². The van der Waals surface area contributed by atoms with E-state index in [1.807, 2.05) is 6.92 Å². The average molecular weight is 171 g/mol. The molecule has 1 N–H and O–H groups in total. The summed E-state index contributed by atoms with van der Waals surface area (Å²) in [6.07, 6.45) is 1.54. The van der Waals surface area contributed by atoms with Crippen LogP contribution in [0.15, 0.2) is 0 Å². The van der Waals surface area contributed by atoms with Crippen molar-refractivity contribution < 1.29 is 9.59 Å². The van der Waals surface area contributed by atoms with E-state index < -0.39 is 0 Å². The molecule has 5 heteroatoms. The largest absolute Gasteiger partial charge is 0.336 e. The van der Waals surface area contributed by atoms with Crippen LogP contribution in [0.3, 0.4) is 0 Å². The Labute approximate surface area is 71.3 Å². The summed E-state index contributed by atoms with van der Waals surface area (Å²) in [5.74, 6) is 0. The van der Waals surface area contributed by atoms with E-state index in [0.29, 0.717) is 26.0 Å². The molecule has 1 fully saturated rings. The van der Waals surface area contributed by atoms with Crippen molar-refractivity contribution in [1.82, 2.24) is 15.3 Å². The summed E-state index contributed by atoms with van der Waals surface area (Å²) in [5, 5.41) is 5.46. The molecule has 1 aliphatic rings. The molecule has 3 amide bonds. The summed E-state index contributed by atoms with van der Waals surface area (Å²) < 4.78 is 0. The number of nitrogens with zero attached hydrogens (tertiary/aromatic N) is 2. The van der Waals surface area contributed by atoms with E-state index >= 15 is 0 Å². The molecule has 0 atom stereocenters. The van der Waals surface area contributed by atoms with Crippen molar-refractivity contribution in [1.29, 1.82) is 0 Å². The lowest BCUT2D eigenvalue weighted by molar-refractivity contribution is -0.128. The standard InChI is InChI=1S/C7H13N3O2/c1-2-4-9(6-11)10-5-3-8-7(10)12/h6H,2-5H2,1H3,(H,8,12). The van der Waals surface area contributed by atoms with Gasteiger partial charge in [0.25, 0.3) is 0 Å². The maximum atomic E-state index is 11.1. The number of hydrazine groups is 1. The third-order valence-electron chi connectivity index (χ3n) is 1.72. The fourth-order valence-electron chi connectivity index (χ4n) is 1.17. The second-order valence-electron chi connectivity index (χ2n) is 2.62. The summed E-state index contributed by atoms with van der Waals surface area (Å²) in [4.78, 5) is 21.6. The van der Waals surface area contributed by atoms with Gasteiger partial charge in [0.15, 0.2) is 0 Å². The molecule has 1 rings (SSSR count). The third-order valence-corrected chi connectivity index (χ3v) is 1.72. The molecule has 0 aromatic heterocycles. The number of hydrogen-bond acceptors (Lipinski definition) is 2. The van der Waals surface area contributed by atoms with Gasteiger partial charge in [-0.15, -0.1) is 0 Å². The number of carbonyl (C=O) groups is 2. The highest BCUT2D eigenvalue weighted by molar-refractivity contribution is 5.77. The van der Waals surface area contributed by atoms with Crippen LogP contribution in [-0.2, 0) is 4.79 Å². The molecular weight excluding hydrogens is 158 g/mol. The maximum absolute atomic E-state index is 11.1. The zero-order chi connectivity index (χ0) is 8.97. The van der Waals surface area contributed by atoms with Gasteiger partial charge in [-0.3, -0.25) is 9.80 Å². The highest BCUT2D eigenvalue weighted by Crippen LogP contribution is 2.01. The number of hydrogen-bond donors (Lipinski definition) is 1. The van der Waals surface area contributed by atoms with Gasteiger partial charge < -0.3 is 5.32 Å². The summed E-state index contributed by atoms with van der Waals surface area (Å²) in [6.45, 7) is 3.76. The van der Waals surface area contributed by atoms with E-state index in [-0.39, 0.29) is 6.03 Å². The van der Waals surface area contributed by atoms with Crippen LogP contribution in [0.5, 0.6) is 0 Å². The molecule has 5 nitrogen and oxygen atoms in total. The fraction of sp³-hybridized carbons (Fsp3) is 0.714. The first-order chi connectivity index (χ1) is 5.79. The average Bonchev–Trinajstić information content (AvgIpc) is 2.47. The minimum absolute atomic E-state index is 0.185. The molecule has 0 bridgehead atoms. The van der Waals surface area contributed by atoms with Crippen LogP contribution < -0.4 is 5.32 Å². The first kappa shape index (κ1) is 8.83. The van der Waals surface area contributed by atoms with Crippen molar-refractivity contribution in [2.75, 3.05) is 19.6 Å². The van der Waals surface area contributed by atoms with E-state index in [9.17, 15) is 9.59 Å². The quantitative estimate of drug-likeness (QED) is 0.595. The number of rotatable bonds is 4. The fourth-order valence-corrected chi connectivity index (χ4v) is 1.17. The van der Waals surface area contributed by atoms with Gasteiger partial charge in [-0.05, 0) is 6.42 Å². The van der Waals surface area contributed by atoms with Gasteiger partial charge >= 0.3 is 6.03 Å². The first-order valence-corrected chi connectivity index (χ1v) is 4.06. The second kappa shape index (κ2) is 3.94. The van der Waals surface area contributed by atoms with Gasteiger partial charge in [-0.1, -0.05) is 6.92 Å². The second-order valence-corrected chi connectivity index (χ2v) is 2.62. The lowest BCUT2D eigenvalue weighted by atomic mass is 10.5. The van der Waals surface area contributed by atoms with Gasteiger partial charge in [0.05, 0.1) is 6.54 Å². The monoisotopic (exact) mass is 171 g/mol. The zero-order valence-corrected chi connectivity index (χ0v) is 7.12. The van der Waals surface area contributed by atoms with E-state index in [1.165, 1.54) is 10.0 Å². The predicted octanol–water partition coefficient (Wildman–Crippen LogP) is -0.205. The first-order valence-electron chi connectivity index (χ1n) is 4.06. The Bertz CT molecular complexity index is 183. The highest BCUT2D eigenvalue weighted by Gasteiger charge is 2.24. The molecule has 1 saturated heterocycles. The minimum Gasteiger partial charge on any atom is -0.335 e. The van der Waals surface area contributed by atoms with Gasteiger partial charge in [-0.25, -0.2) is 9.80 Å². The Hall–Kier alpha value is -1.26. The van der Waals surface area contributed by atoms with Crippen LogP contribution in [0.25, 0.3) is 0 Å². The highest BCUT2D eigenvalue weighted by atomic mass is 16.2. The van der Waals surface area contributed by atoms with Crippen LogP contribution in [-0.4, -0.2) is 42.1 Å². The van der Waals surface area contributed by atoms with Crippen LogP contribution in [0.2, 0.25) is 0 Å².